The van der Waals surface area contributed by atoms with E-state index in [0.717, 1.165) is 25.0 Å². The Bertz CT molecular complexity index is 596. The van der Waals surface area contributed by atoms with Gasteiger partial charge < -0.3 is 10.6 Å². The Morgan fingerprint density at radius 2 is 2.19 bits per heavy atom. The van der Waals surface area contributed by atoms with Gasteiger partial charge in [-0.05, 0) is 36.4 Å². The lowest BCUT2D eigenvalue weighted by molar-refractivity contribution is 0.0796. The number of hydrogen-bond acceptors (Lipinski definition) is 4. The van der Waals surface area contributed by atoms with Crippen LogP contribution in [0, 0.1) is 0 Å². The van der Waals surface area contributed by atoms with Crippen molar-refractivity contribution in [1.29, 1.82) is 0 Å². The number of amides is 1. The fraction of sp³-hybridized carbons (Fsp3) is 0.375. The van der Waals surface area contributed by atoms with Crippen LogP contribution in [0.3, 0.4) is 0 Å². The molecule has 2 aromatic heterocycles. The van der Waals surface area contributed by atoms with E-state index in [1.165, 1.54) is 4.88 Å². The highest BCUT2D eigenvalue weighted by atomic mass is 32.1. The van der Waals surface area contributed by atoms with Crippen LogP contribution in [0.2, 0.25) is 0 Å². The van der Waals surface area contributed by atoms with Crippen LogP contribution in [0.25, 0.3) is 0 Å². The van der Waals surface area contributed by atoms with Crippen molar-refractivity contribution in [2.75, 3.05) is 19.3 Å². The minimum atomic E-state index is -0.00184. The van der Waals surface area contributed by atoms with Crippen LogP contribution in [0.5, 0.6) is 0 Å². The lowest BCUT2D eigenvalue weighted by atomic mass is 10.1. The summed E-state index contributed by atoms with van der Waals surface area (Å²) >= 11 is 1.72. The molecular weight excluding hydrogens is 282 g/mol. The second kappa shape index (κ2) is 7.22. The third-order valence-corrected chi connectivity index (χ3v) is 4.21. The molecule has 2 rings (SSSR count). The Hall–Kier alpha value is -1.88. The van der Waals surface area contributed by atoms with Gasteiger partial charge in [-0.25, -0.2) is 4.98 Å². The number of rotatable bonds is 6. The molecule has 5 heteroatoms. The summed E-state index contributed by atoms with van der Waals surface area (Å²) in [6.07, 6.45) is 2.70. The molecule has 0 aliphatic carbocycles. The van der Waals surface area contributed by atoms with Crippen LogP contribution in [-0.2, 0) is 12.8 Å². The summed E-state index contributed by atoms with van der Waals surface area (Å²) in [5.74, 6) is 0.411. The first-order valence-electron chi connectivity index (χ1n) is 7.14. The van der Waals surface area contributed by atoms with Gasteiger partial charge in [0.15, 0.2) is 0 Å². The first-order valence-corrected chi connectivity index (χ1v) is 8.02. The summed E-state index contributed by atoms with van der Waals surface area (Å²) in [7, 11) is 1.83. The Morgan fingerprint density at radius 1 is 1.38 bits per heavy atom. The van der Waals surface area contributed by atoms with E-state index in [4.69, 9.17) is 5.73 Å². The van der Waals surface area contributed by atoms with Crippen LogP contribution in [-0.4, -0.2) is 29.4 Å². The second-order valence-electron chi connectivity index (χ2n) is 5.08. The number of carbonyl (C=O) groups is 1. The number of anilines is 1. The van der Waals surface area contributed by atoms with E-state index in [1.54, 1.807) is 22.3 Å². The second-order valence-corrected chi connectivity index (χ2v) is 6.11. The first kappa shape index (κ1) is 15.5. The highest BCUT2D eigenvalue weighted by molar-refractivity contribution is 7.09. The Morgan fingerprint density at radius 3 is 2.86 bits per heavy atom. The predicted molar refractivity (Wildman–Crippen MR) is 87.6 cm³/mol. The molecule has 0 spiro atoms. The summed E-state index contributed by atoms with van der Waals surface area (Å²) in [4.78, 5) is 19.7. The fourth-order valence-corrected chi connectivity index (χ4v) is 2.87. The molecule has 2 N–H and O–H groups in total. The number of nitrogens with two attached hydrogens (primary N) is 1. The lowest BCUT2D eigenvalue weighted by Gasteiger charge is -2.17. The van der Waals surface area contributed by atoms with E-state index >= 15 is 0 Å². The molecule has 0 aliphatic rings. The highest BCUT2D eigenvalue weighted by Crippen LogP contribution is 2.13. The van der Waals surface area contributed by atoms with Gasteiger partial charge in [0.05, 0.1) is 0 Å². The molecule has 0 atom stereocenters. The summed E-state index contributed by atoms with van der Waals surface area (Å²) in [5.41, 5.74) is 7.31. The molecular formula is C16H21N3OS. The zero-order chi connectivity index (χ0) is 15.2. The zero-order valence-corrected chi connectivity index (χ0v) is 13.3. The van der Waals surface area contributed by atoms with Gasteiger partial charge in [0, 0.05) is 29.7 Å². The number of pyridine rings is 1. The number of nitrogens with zero attached hydrogens (tertiary/aromatic N) is 2. The van der Waals surface area contributed by atoms with Gasteiger partial charge in [-0.15, -0.1) is 11.3 Å². The molecule has 2 heterocycles. The molecule has 0 aliphatic heterocycles. The van der Waals surface area contributed by atoms with Gasteiger partial charge in [-0.2, -0.15) is 0 Å². The smallest absolute Gasteiger partial charge is 0.253 e. The van der Waals surface area contributed by atoms with Gasteiger partial charge in [0.25, 0.3) is 5.91 Å². The van der Waals surface area contributed by atoms with Crippen LogP contribution in [0.1, 0.15) is 34.3 Å². The van der Waals surface area contributed by atoms with Crippen LogP contribution < -0.4 is 5.73 Å². The minimum absolute atomic E-state index is 0.00184. The van der Waals surface area contributed by atoms with Gasteiger partial charge in [-0.1, -0.05) is 19.4 Å². The molecule has 0 radical (unpaired) electrons. The molecule has 4 nitrogen and oxygen atoms in total. The zero-order valence-electron chi connectivity index (χ0n) is 12.5. The molecule has 0 fully saturated rings. The Labute approximate surface area is 129 Å². The predicted octanol–water partition coefficient (Wildman–Crippen LogP) is 2.99. The molecule has 21 heavy (non-hydrogen) atoms. The van der Waals surface area contributed by atoms with Crippen LogP contribution >= 0.6 is 11.3 Å². The summed E-state index contributed by atoms with van der Waals surface area (Å²) < 4.78 is 0. The van der Waals surface area contributed by atoms with E-state index in [-0.39, 0.29) is 5.91 Å². The Balaban J connectivity index is 2.04. The van der Waals surface area contributed by atoms with Crippen molar-refractivity contribution in [3.63, 3.8) is 0 Å². The van der Waals surface area contributed by atoms with E-state index < -0.39 is 0 Å². The molecule has 1 amide bonds. The molecule has 0 unspecified atom stereocenters. The first-order chi connectivity index (χ1) is 10.1. The number of hydrogen-bond donors (Lipinski definition) is 1. The highest BCUT2D eigenvalue weighted by Gasteiger charge is 2.13. The molecule has 2 aromatic rings. The van der Waals surface area contributed by atoms with Crippen molar-refractivity contribution in [3.8, 4) is 0 Å². The van der Waals surface area contributed by atoms with Crippen molar-refractivity contribution < 1.29 is 4.79 Å². The van der Waals surface area contributed by atoms with E-state index in [1.807, 2.05) is 19.2 Å². The monoisotopic (exact) mass is 303 g/mol. The van der Waals surface area contributed by atoms with E-state index in [2.05, 4.69) is 23.4 Å². The number of nitrogen functional groups attached to an aromatic ring is 1. The molecule has 0 aromatic carbocycles. The average Bonchev–Trinajstić information content (AvgIpc) is 2.97. The van der Waals surface area contributed by atoms with Gasteiger partial charge in [-0.3, -0.25) is 4.79 Å². The molecule has 0 bridgehead atoms. The lowest BCUT2D eigenvalue weighted by Crippen LogP contribution is -2.29. The van der Waals surface area contributed by atoms with Crippen LogP contribution in [0.15, 0.2) is 29.6 Å². The summed E-state index contributed by atoms with van der Waals surface area (Å²) in [5, 5.41) is 2.05. The molecule has 0 saturated heterocycles. The van der Waals surface area contributed by atoms with E-state index in [9.17, 15) is 4.79 Å². The average molecular weight is 303 g/mol. The number of likely N-dealkylation sites (N-methyl/N-ethyl adjacent to an activating group) is 1. The Kier molecular flexibility index (Phi) is 5.33. The third-order valence-electron chi connectivity index (χ3n) is 3.27. The SMILES string of the molecule is CCCc1cc(C(=O)N(C)CCc2cccs2)cc(N)n1. The quantitative estimate of drug-likeness (QED) is 0.892. The fourth-order valence-electron chi connectivity index (χ4n) is 2.17. The molecule has 112 valence electrons. The molecule has 0 saturated carbocycles. The summed E-state index contributed by atoms with van der Waals surface area (Å²) in [6.45, 7) is 2.78. The third kappa shape index (κ3) is 4.29. The summed E-state index contributed by atoms with van der Waals surface area (Å²) in [6, 6.07) is 7.63. The van der Waals surface area contributed by atoms with Crippen molar-refractivity contribution in [1.82, 2.24) is 9.88 Å². The number of carbonyl (C=O) groups excluding carboxylic acids is 1. The maximum Gasteiger partial charge on any atom is 0.253 e. The number of aromatic nitrogens is 1. The van der Waals surface area contributed by atoms with E-state index in [0.29, 0.717) is 17.9 Å². The largest absolute Gasteiger partial charge is 0.384 e. The van der Waals surface area contributed by atoms with Crippen LogP contribution in [0.4, 0.5) is 5.82 Å². The standard InChI is InChI=1S/C16H21N3OS/c1-3-5-13-10-12(11-15(17)18-13)16(20)19(2)8-7-14-6-4-9-21-14/h4,6,9-11H,3,5,7-8H2,1-2H3,(H2,17,18). The topological polar surface area (TPSA) is 59.2 Å². The maximum atomic E-state index is 12.5. The van der Waals surface area contributed by atoms with Crippen molar-refractivity contribution in [3.05, 3.63) is 45.8 Å². The number of thiophene rings is 1. The maximum absolute atomic E-state index is 12.5. The van der Waals surface area contributed by atoms with Crippen molar-refractivity contribution >= 4 is 23.1 Å². The normalized spacial score (nSPS) is 10.6. The van der Waals surface area contributed by atoms with Crippen molar-refractivity contribution in [2.45, 2.75) is 26.2 Å². The van der Waals surface area contributed by atoms with Gasteiger partial charge >= 0.3 is 0 Å². The van der Waals surface area contributed by atoms with Crippen molar-refractivity contribution in [2.24, 2.45) is 0 Å². The minimum Gasteiger partial charge on any atom is -0.384 e. The number of aryl methyl sites for hydroxylation is 1. The van der Waals surface area contributed by atoms with Gasteiger partial charge in [0.2, 0.25) is 0 Å². The van der Waals surface area contributed by atoms with Gasteiger partial charge in [0.1, 0.15) is 5.82 Å².